The van der Waals surface area contributed by atoms with Gasteiger partial charge in [-0.1, -0.05) is 24.3 Å². The van der Waals surface area contributed by atoms with Crippen molar-refractivity contribution in [2.75, 3.05) is 13.7 Å². The van der Waals surface area contributed by atoms with E-state index in [-0.39, 0.29) is 12.5 Å². The Bertz CT molecular complexity index is 696. The fraction of sp³-hybridized carbons (Fsp3) is 0.250. The average Bonchev–Trinajstić information content (AvgIpc) is 2.90. The van der Waals surface area contributed by atoms with E-state index in [2.05, 4.69) is 16.1 Å². The van der Waals surface area contributed by atoms with Crippen molar-refractivity contribution in [3.63, 3.8) is 0 Å². The van der Waals surface area contributed by atoms with Gasteiger partial charge in [-0.05, 0) is 40.8 Å². The lowest BCUT2D eigenvalue weighted by Crippen LogP contribution is -2.30. The number of rotatable bonds is 3. The van der Waals surface area contributed by atoms with Crippen LogP contribution in [0.3, 0.4) is 0 Å². The minimum Gasteiger partial charge on any atom is -0.468 e. The van der Waals surface area contributed by atoms with Crippen molar-refractivity contribution in [3.05, 3.63) is 47.0 Å². The highest BCUT2D eigenvalue weighted by Crippen LogP contribution is 2.32. The molecule has 20 heavy (non-hydrogen) atoms. The van der Waals surface area contributed by atoms with Gasteiger partial charge in [0.05, 0.1) is 7.11 Å². The van der Waals surface area contributed by atoms with Crippen LogP contribution in [0.2, 0.25) is 0 Å². The van der Waals surface area contributed by atoms with E-state index < -0.39 is 5.97 Å². The van der Waals surface area contributed by atoms with Gasteiger partial charge in [0.2, 0.25) is 0 Å². The monoisotopic (exact) mass is 269 g/mol. The van der Waals surface area contributed by atoms with E-state index in [4.69, 9.17) is 0 Å². The number of aryl methyl sites for hydroxylation is 2. The first-order valence-corrected chi connectivity index (χ1v) is 6.59. The molecule has 0 aliphatic heterocycles. The molecule has 0 spiro atoms. The summed E-state index contributed by atoms with van der Waals surface area (Å²) >= 11 is 0. The summed E-state index contributed by atoms with van der Waals surface area (Å²) in [6.45, 7) is -0.113. The van der Waals surface area contributed by atoms with Gasteiger partial charge in [0.15, 0.2) is 0 Å². The molecule has 0 aromatic heterocycles. The molecule has 2 aromatic rings. The Kier molecular flexibility index (Phi) is 3.14. The van der Waals surface area contributed by atoms with Crippen LogP contribution < -0.4 is 5.32 Å². The van der Waals surface area contributed by atoms with Crippen LogP contribution in [0.25, 0.3) is 10.8 Å². The number of carbonyl (C=O) groups excluding carboxylic acids is 2. The summed E-state index contributed by atoms with van der Waals surface area (Å²) in [4.78, 5) is 23.3. The highest BCUT2D eigenvalue weighted by atomic mass is 16.5. The van der Waals surface area contributed by atoms with Gasteiger partial charge in [-0.2, -0.15) is 0 Å². The van der Waals surface area contributed by atoms with Crippen LogP contribution in [-0.4, -0.2) is 25.5 Å². The predicted molar refractivity (Wildman–Crippen MR) is 75.7 cm³/mol. The number of nitrogens with one attached hydrogen (secondary N) is 1. The summed E-state index contributed by atoms with van der Waals surface area (Å²) in [5.74, 6) is -0.699. The van der Waals surface area contributed by atoms with Gasteiger partial charge in [0.1, 0.15) is 6.54 Å². The summed E-state index contributed by atoms with van der Waals surface area (Å²) in [5.41, 5.74) is 3.19. The Labute approximate surface area is 116 Å². The second-order valence-corrected chi connectivity index (χ2v) is 4.87. The molecule has 0 bridgehead atoms. The SMILES string of the molecule is COC(=O)CNC(=O)c1ccc2c3c(cccc13)CC2. The minimum atomic E-state index is -0.454. The third kappa shape index (κ3) is 2.03. The van der Waals surface area contributed by atoms with Gasteiger partial charge in [0, 0.05) is 5.56 Å². The Morgan fingerprint density at radius 2 is 1.90 bits per heavy atom. The molecule has 0 radical (unpaired) electrons. The third-order valence-electron chi connectivity index (χ3n) is 3.74. The lowest BCUT2D eigenvalue weighted by atomic mass is 9.99. The quantitative estimate of drug-likeness (QED) is 0.865. The van der Waals surface area contributed by atoms with E-state index in [0.717, 1.165) is 18.2 Å². The van der Waals surface area contributed by atoms with Gasteiger partial charge in [-0.25, -0.2) is 0 Å². The molecular formula is C16H15NO3. The van der Waals surface area contributed by atoms with Crippen molar-refractivity contribution >= 4 is 22.6 Å². The number of benzene rings is 2. The van der Waals surface area contributed by atoms with Gasteiger partial charge in [-0.15, -0.1) is 0 Å². The summed E-state index contributed by atoms with van der Waals surface area (Å²) in [6.07, 6.45) is 2.06. The lowest BCUT2D eigenvalue weighted by molar-refractivity contribution is -0.139. The number of hydrogen-bond acceptors (Lipinski definition) is 3. The number of esters is 1. The molecule has 1 N–H and O–H groups in total. The van der Waals surface area contributed by atoms with Crippen molar-refractivity contribution in [2.45, 2.75) is 12.8 Å². The third-order valence-corrected chi connectivity index (χ3v) is 3.74. The summed E-state index contributed by atoms with van der Waals surface area (Å²) in [7, 11) is 1.30. The van der Waals surface area contributed by atoms with E-state index in [1.54, 1.807) is 0 Å². The first kappa shape index (κ1) is 12.7. The molecule has 3 rings (SSSR count). The molecule has 4 heteroatoms. The molecule has 4 nitrogen and oxygen atoms in total. The second kappa shape index (κ2) is 4.96. The fourth-order valence-electron chi connectivity index (χ4n) is 2.76. The molecule has 1 aliphatic rings. The lowest BCUT2D eigenvalue weighted by Gasteiger charge is -2.09. The van der Waals surface area contributed by atoms with E-state index in [1.165, 1.54) is 23.6 Å². The van der Waals surface area contributed by atoms with Crippen LogP contribution in [-0.2, 0) is 22.4 Å². The summed E-state index contributed by atoms with van der Waals surface area (Å²) in [5, 5.41) is 4.74. The normalized spacial score (nSPS) is 12.4. The van der Waals surface area contributed by atoms with E-state index >= 15 is 0 Å². The zero-order chi connectivity index (χ0) is 14.1. The Morgan fingerprint density at radius 3 is 2.65 bits per heavy atom. The average molecular weight is 269 g/mol. The predicted octanol–water partition coefficient (Wildman–Crippen LogP) is 1.84. The summed E-state index contributed by atoms with van der Waals surface area (Å²) in [6, 6.07) is 9.88. The van der Waals surface area contributed by atoms with Crippen LogP contribution in [0.4, 0.5) is 0 Å². The first-order chi connectivity index (χ1) is 9.70. The Hall–Kier alpha value is -2.36. The molecule has 102 valence electrons. The van der Waals surface area contributed by atoms with E-state index in [1.807, 2.05) is 24.3 Å². The number of amides is 1. The van der Waals surface area contributed by atoms with Crippen molar-refractivity contribution in [1.82, 2.24) is 5.32 Å². The number of carbonyl (C=O) groups is 2. The Balaban J connectivity index is 1.97. The Morgan fingerprint density at radius 1 is 1.15 bits per heavy atom. The van der Waals surface area contributed by atoms with Gasteiger partial charge >= 0.3 is 5.97 Å². The molecule has 0 unspecified atom stereocenters. The molecule has 0 saturated carbocycles. The first-order valence-electron chi connectivity index (χ1n) is 6.59. The van der Waals surface area contributed by atoms with Crippen LogP contribution in [0.15, 0.2) is 30.3 Å². The number of ether oxygens (including phenoxy) is 1. The highest BCUT2D eigenvalue weighted by molar-refractivity contribution is 6.09. The number of hydrogen-bond donors (Lipinski definition) is 1. The maximum atomic E-state index is 12.2. The highest BCUT2D eigenvalue weighted by Gasteiger charge is 2.18. The van der Waals surface area contributed by atoms with Crippen LogP contribution >= 0.6 is 0 Å². The van der Waals surface area contributed by atoms with E-state index in [0.29, 0.717) is 5.56 Å². The van der Waals surface area contributed by atoms with Gasteiger partial charge < -0.3 is 10.1 Å². The van der Waals surface area contributed by atoms with Gasteiger partial charge in [-0.3, -0.25) is 9.59 Å². The molecule has 2 aromatic carbocycles. The minimum absolute atomic E-state index is 0.113. The topological polar surface area (TPSA) is 55.4 Å². The summed E-state index contributed by atoms with van der Waals surface area (Å²) < 4.78 is 4.52. The number of methoxy groups -OCH3 is 1. The maximum absolute atomic E-state index is 12.2. The molecule has 0 heterocycles. The van der Waals surface area contributed by atoms with Crippen LogP contribution in [0.5, 0.6) is 0 Å². The molecule has 0 fully saturated rings. The maximum Gasteiger partial charge on any atom is 0.325 e. The zero-order valence-corrected chi connectivity index (χ0v) is 11.2. The largest absolute Gasteiger partial charge is 0.468 e. The van der Waals surface area contributed by atoms with Crippen LogP contribution in [0.1, 0.15) is 21.5 Å². The smallest absolute Gasteiger partial charge is 0.325 e. The standard InChI is InChI=1S/C16H15NO3/c1-20-14(18)9-17-16(19)13-8-7-11-6-5-10-3-2-4-12(13)15(10)11/h2-4,7-8H,5-6,9H2,1H3,(H,17,19). The fourth-order valence-corrected chi connectivity index (χ4v) is 2.76. The zero-order valence-electron chi connectivity index (χ0n) is 11.2. The van der Waals surface area contributed by atoms with Gasteiger partial charge in [0.25, 0.3) is 5.91 Å². The van der Waals surface area contributed by atoms with Crippen molar-refractivity contribution in [3.8, 4) is 0 Å². The van der Waals surface area contributed by atoms with E-state index in [9.17, 15) is 9.59 Å². The van der Waals surface area contributed by atoms with Crippen molar-refractivity contribution < 1.29 is 14.3 Å². The van der Waals surface area contributed by atoms with Crippen LogP contribution in [0, 0.1) is 0 Å². The molecule has 0 atom stereocenters. The molecule has 1 aliphatic carbocycles. The molecule has 1 amide bonds. The molecular weight excluding hydrogens is 254 g/mol. The van der Waals surface area contributed by atoms with Crippen molar-refractivity contribution in [1.29, 1.82) is 0 Å². The second-order valence-electron chi connectivity index (χ2n) is 4.87. The van der Waals surface area contributed by atoms with Crippen molar-refractivity contribution in [2.24, 2.45) is 0 Å². The molecule has 0 saturated heterocycles.